The van der Waals surface area contributed by atoms with E-state index in [2.05, 4.69) is 0 Å². The maximum Gasteiger partial charge on any atom is 0.417 e. The van der Waals surface area contributed by atoms with Crippen molar-refractivity contribution in [1.29, 1.82) is 5.26 Å². The number of carbonyl (C=O) groups is 1. The number of benzene rings is 2. The van der Waals surface area contributed by atoms with Gasteiger partial charge in [0.15, 0.2) is 0 Å². The van der Waals surface area contributed by atoms with Crippen molar-refractivity contribution in [2.45, 2.75) is 19.0 Å². The summed E-state index contributed by atoms with van der Waals surface area (Å²) in [6, 6.07) is 12.3. The Balaban J connectivity index is 1.48. The number of hydrogen-bond acceptors (Lipinski definition) is 5. The molecule has 1 atom stereocenters. The van der Waals surface area contributed by atoms with E-state index in [1.165, 1.54) is 6.07 Å². The third-order valence-corrected chi connectivity index (χ3v) is 7.21. The molecule has 2 saturated heterocycles. The minimum Gasteiger partial charge on any atom is -0.497 e. The third-order valence-electron chi connectivity index (χ3n) is 7.21. The van der Waals surface area contributed by atoms with Crippen molar-refractivity contribution in [3.63, 3.8) is 0 Å². The molecule has 6 nitrogen and oxygen atoms in total. The number of nitrogens with zero attached hydrogens (tertiary/aromatic N) is 3. The van der Waals surface area contributed by atoms with Crippen molar-refractivity contribution >= 4 is 11.6 Å². The second kappa shape index (κ2) is 9.18. The summed E-state index contributed by atoms with van der Waals surface area (Å²) in [6.07, 6.45) is -3.31. The number of aliphatic hydroxyl groups is 1. The summed E-state index contributed by atoms with van der Waals surface area (Å²) in [7, 11) is 1.56. The number of carbonyl (C=O) groups excluding carboxylic acids is 1. The van der Waals surface area contributed by atoms with Gasteiger partial charge in [-0.25, -0.2) is 0 Å². The maximum absolute atomic E-state index is 13.4. The molecule has 2 aliphatic rings. The zero-order valence-corrected chi connectivity index (χ0v) is 18.8. The molecular weight excluding hydrogens is 447 g/mol. The lowest BCUT2D eigenvalue weighted by Crippen LogP contribution is -2.45. The lowest BCUT2D eigenvalue weighted by atomic mass is 9.71. The van der Waals surface area contributed by atoms with Crippen LogP contribution in [0, 0.1) is 22.7 Å². The third kappa shape index (κ3) is 4.42. The number of hydrogen-bond donors (Lipinski definition) is 1. The van der Waals surface area contributed by atoms with Gasteiger partial charge in [0.05, 0.1) is 24.3 Å². The molecule has 1 N–H and O–H groups in total. The Morgan fingerprint density at radius 1 is 1.21 bits per heavy atom. The van der Waals surface area contributed by atoms with Crippen molar-refractivity contribution in [3.05, 3.63) is 59.2 Å². The number of alkyl halides is 3. The van der Waals surface area contributed by atoms with E-state index in [1.807, 2.05) is 4.90 Å². The Hall–Kier alpha value is -3.25. The molecule has 0 radical (unpaired) electrons. The molecular formula is C25H26F3N3O3. The molecule has 0 aliphatic carbocycles. The summed E-state index contributed by atoms with van der Waals surface area (Å²) < 4.78 is 45.3. The van der Waals surface area contributed by atoms with Crippen molar-refractivity contribution in [3.8, 4) is 11.8 Å². The molecule has 0 saturated carbocycles. The smallest absolute Gasteiger partial charge is 0.417 e. The molecule has 4 rings (SSSR count). The summed E-state index contributed by atoms with van der Waals surface area (Å²) >= 11 is 0. The van der Waals surface area contributed by atoms with Crippen LogP contribution in [0.4, 0.5) is 18.9 Å². The highest BCUT2D eigenvalue weighted by atomic mass is 19.4. The van der Waals surface area contributed by atoms with Crippen LogP contribution in [-0.2, 0) is 6.18 Å². The molecule has 1 amide bonds. The topological polar surface area (TPSA) is 76.8 Å². The van der Waals surface area contributed by atoms with Crippen LogP contribution in [0.2, 0.25) is 0 Å². The van der Waals surface area contributed by atoms with Crippen molar-refractivity contribution in [2.75, 3.05) is 44.8 Å². The summed E-state index contributed by atoms with van der Waals surface area (Å²) in [4.78, 5) is 16.7. The van der Waals surface area contributed by atoms with E-state index >= 15 is 0 Å². The first-order chi connectivity index (χ1) is 16.2. The number of rotatable bonds is 4. The van der Waals surface area contributed by atoms with Gasteiger partial charge in [0.1, 0.15) is 5.75 Å². The monoisotopic (exact) mass is 473 g/mol. The molecule has 2 aromatic carbocycles. The molecule has 2 fully saturated rings. The number of aliphatic hydroxyl groups excluding tert-OH is 1. The first-order valence-electron chi connectivity index (χ1n) is 11.1. The average Bonchev–Trinajstić information content (AvgIpc) is 3.21. The number of anilines is 1. The molecule has 0 bridgehead atoms. The predicted octanol–water partition coefficient (Wildman–Crippen LogP) is 3.94. The van der Waals surface area contributed by atoms with E-state index in [-0.39, 0.29) is 23.8 Å². The molecule has 1 unspecified atom stereocenters. The van der Waals surface area contributed by atoms with Crippen molar-refractivity contribution in [2.24, 2.45) is 11.3 Å². The second-order valence-electron chi connectivity index (χ2n) is 8.98. The molecule has 0 aromatic heterocycles. The lowest BCUT2D eigenvalue weighted by molar-refractivity contribution is -0.137. The van der Waals surface area contributed by atoms with Crippen LogP contribution in [0.1, 0.15) is 34.3 Å². The minimum atomic E-state index is -4.60. The van der Waals surface area contributed by atoms with Gasteiger partial charge in [-0.1, -0.05) is 0 Å². The van der Waals surface area contributed by atoms with Gasteiger partial charge >= 0.3 is 6.18 Å². The van der Waals surface area contributed by atoms with Crippen LogP contribution < -0.4 is 9.64 Å². The van der Waals surface area contributed by atoms with Gasteiger partial charge in [-0.3, -0.25) is 4.79 Å². The Bertz CT molecular complexity index is 1090. The van der Waals surface area contributed by atoms with Gasteiger partial charge in [-0.2, -0.15) is 18.4 Å². The number of methoxy groups -OCH3 is 1. The predicted molar refractivity (Wildman–Crippen MR) is 120 cm³/mol. The molecule has 2 aliphatic heterocycles. The molecule has 2 heterocycles. The number of halogens is 3. The van der Waals surface area contributed by atoms with E-state index in [0.29, 0.717) is 56.0 Å². The maximum atomic E-state index is 13.4. The number of ether oxygens (including phenoxy) is 1. The Kier molecular flexibility index (Phi) is 6.45. The highest BCUT2D eigenvalue weighted by Gasteiger charge is 2.49. The Labute approximate surface area is 196 Å². The van der Waals surface area contributed by atoms with Crippen molar-refractivity contribution < 1.29 is 27.8 Å². The van der Waals surface area contributed by atoms with E-state index in [1.54, 1.807) is 48.4 Å². The summed E-state index contributed by atoms with van der Waals surface area (Å²) in [5, 5.41) is 19.1. The van der Waals surface area contributed by atoms with Crippen LogP contribution in [0.15, 0.2) is 42.5 Å². The molecule has 9 heteroatoms. The van der Waals surface area contributed by atoms with Gasteiger partial charge in [-0.05, 0) is 60.7 Å². The van der Waals surface area contributed by atoms with Crippen LogP contribution in [0.3, 0.4) is 0 Å². The Morgan fingerprint density at radius 3 is 2.44 bits per heavy atom. The summed E-state index contributed by atoms with van der Waals surface area (Å²) in [5.74, 6) is 0.456. The zero-order valence-electron chi connectivity index (χ0n) is 18.8. The van der Waals surface area contributed by atoms with Gasteiger partial charge in [-0.15, -0.1) is 0 Å². The van der Waals surface area contributed by atoms with Crippen molar-refractivity contribution in [1.82, 2.24) is 4.90 Å². The number of piperidine rings is 1. The Morgan fingerprint density at radius 2 is 1.88 bits per heavy atom. The fraction of sp³-hybridized carbons (Fsp3) is 0.440. The van der Waals surface area contributed by atoms with E-state index < -0.39 is 17.3 Å². The molecule has 1 spiro atoms. The fourth-order valence-corrected chi connectivity index (χ4v) is 5.19. The second-order valence-corrected chi connectivity index (χ2v) is 8.98. The number of nitriles is 1. The highest BCUT2D eigenvalue weighted by Crippen LogP contribution is 2.46. The SMILES string of the molecule is COc1ccc(C(=O)N2CC(CO)C3(CCN(c4ccc(C#N)c(C(F)(F)F)c4)CC3)C2)cc1. The quantitative estimate of drug-likeness (QED) is 0.728. The standard InChI is InChI=1S/C25H26F3N3O3/c1-34-21-6-3-17(4-7-21)23(33)31-14-19(15-32)24(16-31)8-10-30(11-9-24)20-5-2-18(13-29)22(12-20)25(26,27)28/h2-7,12,19,32H,8-11,14-16H2,1H3. The average molecular weight is 473 g/mol. The highest BCUT2D eigenvalue weighted by molar-refractivity contribution is 5.94. The lowest BCUT2D eigenvalue weighted by Gasteiger charge is -2.43. The van der Waals surface area contributed by atoms with Crippen LogP contribution in [-0.4, -0.2) is 55.8 Å². The summed E-state index contributed by atoms with van der Waals surface area (Å²) in [6.45, 7) is 1.89. The van der Waals surface area contributed by atoms with E-state index in [4.69, 9.17) is 10.00 Å². The normalized spacial score (nSPS) is 19.8. The number of likely N-dealkylation sites (tertiary alicyclic amines) is 1. The van der Waals surface area contributed by atoms with Crippen LogP contribution in [0.25, 0.3) is 0 Å². The van der Waals surface area contributed by atoms with E-state index in [0.717, 1.165) is 6.07 Å². The fourth-order valence-electron chi connectivity index (χ4n) is 5.19. The van der Waals surface area contributed by atoms with Gasteiger partial charge < -0.3 is 19.6 Å². The van der Waals surface area contributed by atoms with Gasteiger partial charge in [0, 0.05) is 50.0 Å². The minimum absolute atomic E-state index is 0.0541. The van der Waals surface area contributed by atoms with Crippen LogP contribution >= 0.6 is 0 Å². The molecule has 2 aromatic rings. The first-order valence-corrected chi connectivity index (χ1v) is 11.1. The molecule has 34 heavy (non-hydrogen) atoms. The molecule has 180 valence electrons. The van der Waals surface area contributed by atoms with Crippen LogP contribution in [0.5, 0.6) is 5.75 Å². The summed E-state index contributed by atoms with van der Waals surface area (Å²) in [5.41, 5.74) is -0.644. The largest absolute Gasteiger partial charge is 0.497 e. The van der Waals surface area contributed by atoms with Gasteiger partial charge in [0.2, 0.25) is 0 Å². The van der Waals surface area contributed by atoms with E-state index in [9.17, 15) is 23.1 Å². The van der Waals surface area contributed by atoms with Gasteiger partial charge in [0.25, 0.3) is 5.91 Å². The zero-order chi connectivity index (χ0) is 24.5. The number of amides is 1. The first kappa shape index (κ1) is 23.9.